The molecule has 0 amide bonds. The highest BCUT2D eigenvalue weighted by Crippen LogP contribution is 2.24. The standard InChI is InChI=1S/C5H5F5O2/c6-1-4(8,2-7)12-5(9,10)3-11/h3H,1-2H2. The average molecular weight is 192 g/mol. The van der Waals surface area contributed by atoms with Gasteiger partial charge in [-0.3, -0.25) is 9.53 Å². The van der Waals surface area contributed by atoms with Crippen LogP contribution in [-0.4, -0.2) is 31.6 Å². The van der Waals surface area contributed by atoms with Crippen LogP contribution in [0.5, 0.6) is 0 Å². The SMILES string of the molecule is O=CC(F)(F)OC(F)(CF)CF. The molecule has 0 aliphatic heterocycles. The van der Waals surface area contributed by atoms with E-state index in [4.69, 9.17) is 0 Å². The van der Waals surface area contributed by atoms with E-state index in [2.05, 4.69) is 4.74 Å². The molecule has 0 aromatic heterocycles. The smallest absolute Gasteiger partial charge is 0.294 e. The number of rotatable bonds is 5. The topological polar surface area (TPSA) is 26.3 Å². The minimum Gasteiger partial charge on any atom is -0.294 e. The van der Waals surface area contributed by atoms with Crippen LogP contribution in [0, 0.1) is 0 Å². The van der Waals surface area contributed by atoms with E-state index >= 15 is 0 Å². The second-order valence-corrected chi connectivity index (χ2v) is 1.93. The molecule has 0 unspecified atom stereocenters. The van der Waals surface area contributed by atoms with Crippen molar-refractivity contribution in [2.24, 2.45) is 0 Å². The zero-order valence-corrected chi connectivity index (χ0v) is 5.70. The zero-order valence-electron chi connectivity index (χ0n) is 5.70. The molecule has 0 heterocycles. The second kappa shape index (κ2) is 3.79. The van der Waals surface area contributed by atoms with E-state index in [1.54, 1.807) is 0 Å². The van der Waals surface area contributed by atoms with E-state index < -0.39 is 31.6 Å². The van der Waals surface area contributed by atoms with Gasteiger partial charge in [-0.25, -0.2) is 13.2 Å². The lowest BCUT2D eigenvalue weighted by Gasteiger charge is -2.21. The van der Waals surface area contributed by atoms with E-state index in [-0.39, 0.29) is 0 Å². The fraction of sp³-hybridized carbons (Fsp3) is 0.800. The third-order valence-electron chi connectivity index (χ3n) is 0.855. The van der Waals surface area contributed by atoms with Crippen molar-refractivity contribution in [3.05, 3.63) is 0 Å². The van der Waals surface area contributed by atoms with Crippen LogP contribution in [0.4, 0.5) is 22.0 Å². The van der Waals surface area contributed by atoms with Crippen molar-refractivity contribution in [2.45, 2.75) is 12.0 Å². The van der Waals surface area contributed by atoms with Crippen LogP contribution in [0.25, 0.3) is 0 Å². The molecular formula is C5H5F5O2. The fourth-order valence-electron chi connectivity index (χ4n) is 0.358. The molecule has 0 radical (unpaired) electrons. The van der Waals surface area contributed by atoms with Crippen molar-refractivity contribution in [3.63, 3.8) is 0 Å². The number of aldehydes is 1. The molecule has 0 aliphatic rings. The molecule has 12 heavy (non-hydrogen) atoms. The molecule has 0 aromatic carbocycles. The summed E-state index contributed by atoms with van der Waals surface area (Å²) in [6.07, 6.45) is -5.56. The van der Waals surface area contributed by atoms with E-state index in [1.165, 1.54) is 0 Å². The zero-order chi connectivity index (χ0) is 9.83. The summed E-state index contributed by atoms with van der Waals surface area (Å²) in [7, 11) is 0. The highest BCUT2D eigenvalue weighted by molar-refractivity contribution is 5.57. The molecule has 0 aromatic rings. The minimum atomic E-state index is -4.51. The Morgan fingerprint density at radius 3 is 1.83 bits per heavy atom. The lowest BCUT2D eigenvalue weighted by atomic mass is 10.4. The lowest BCUT2D eigenvalue weighted by Crippen LogP contribution is -2.40. The second-order valence-electron chi connectivity index (χ2n) is 1.93. The van der Waals surface area contributed by atoms with Gasteiger partial charge in [0.1, 0.15) is 0 Å². The molecule has 0 rings (SSSR count). The molecule has 72 valence electrons. The van der Waals surface area contributed by atoms with Gasteiger partial charge in [-0.15, -0.1) is 0 Å². The molecule has 7 heteroatoms. The molecule has 0 saturated carbocycles. The Morgan fingerprint density at radius 2 is 1.58 bits per heavy atom. The van der Waals surface area contributed by atoms with Gasteiger partial charge < -0.3 is 0 Å². The first kappa shape index (κ1) is 11.3. The Labute approximate surface area is 64.3 Å². The Bertz CT molecular complexity index is 156. The quantitative estimate of drug-likeness (QED) is 0.486. The molecule has 0 saturated heterocycles. The molecule has 0 fully saturated rings. The van der Waals surface area contributed by atoms with Crippen molar-refractivity contribution in [2.75, 3.05) is 13.3 Å². The third-order valence-corrected chi connectivity index (χ3v) is 0.855. The molecule has 0 spiro atoms. The van der Waals surface area contributed by atoms with Gasteiger partial charge in [0, 0.05) is 0 Å². The van der Waals surface area contributed by atoms with E-state index in [9.17, 15) is 26.7 Å². The molecule has 0 atom stereocenters. The maximum atomic E-state index is 12.3. The first-order valence-corrected chi connectivity index (χ1v) is 2.74. The first-order valence-electron chi connectivity index (χ1n) is 2.74. The number of hydrogen-bond acceptors (Lipinski definition) is 2. The van der Waals surface area contributed by atoms with Gasteiger partial charge in [-0.2, -0.15) is 8.78 Å². The van der Waals surface area contributed by atoms with Crippen molar-refractivity contribution in [1.82, 2.24) is 0 Å². The van der Waals surface area contributed by atoms with Gasteiger partial charge in [0.05, 0.1) is 0 Å². The number of carbonyl (C=O) groups is 1. The summed E-state index contributed by atoms with van der Waals surface area (Å²) >= 11 is 0. The third kappa shape index (κ3) is 3.12. The summed E-state index contributed by atoms with van der Waals surface area (Å²) in [5.74, 6) is -3.75. The molecule has 2 nitrogen and oxygen atoms in total. The number of hydrogen-bond donors (Lipinski definition) is 0. The summed E-state index contributed by atoms with van der Waals surface area (Å²) in [6, 6.07) is 0. The van der Waals surface area contributed by atoms with Gasteiger partial charge in [0.2, 0.25) is 6.29 Å². The van der Waals surface area contributed by atoms with Crippen LogP contribution < -0.4 is 0 Å². The van der Waals surface area contributed by atoms with Crippen LogP contribution in [-0.2, 0) is 9.53 Å². The average Bonchev–Trinajstić information content (AvgIpc) is 2.04. The monoisotopic (exact) mass is 192 g/mol. The van der Waals surface area contributed by atoms with Gasteiger partial charge in [0.15, 0.2) is 13.3 Å². The van der Waals surface area contributed by atoms with Crippen molar-refractivity contribution in [3.8, 4) is 0 Å². The van der Waals surface area contributed by atoms with Crippen molar-refractivity contribution < 1.29 is 31.5 Å². The van der Waals surface area contributed by atoms with Crippen LogP contribution in [0.3, 0.4) is 0 Å². The van der Waals surface area contributed by atoms with E-state index in [0.29, 0.717) is 0 Å². The number of ether oxygens (including phenoxy) is 1. The Kier molecular flexibility index (Phi) is 3.56. The van der Waals surface area contributed by atoms with Crippen molar-refractivity contribution >= 4 is 6.29 Å². The van der Waals surface area contributed by atoms with E-state index in [1.807, 2.05) is 0 Å². The normalized spacial score (nSPS) is 13.1. The molecule has 0 N–H and O–H groups in total. The van der Waals surface area contributed by atoms with Gasteiger partial charge in [-0.1, -0.05) is 0 Å². The van der Waals surface area contributed by atoms with Crippen LogP contribution >= 0.6 is 0 Å². The number of halogens is 5. The minimum absolute atomic E-state index is 1.05. The van der Waals surface area contributed by atoms with Crippen LogP contribution in [0.2, 0.25) is 0 Å². The van der Waals surface area contributed by atoms with Crippen LogP contribution in [0.1, 0.15) is 0 Å². The first-order chi connectivity index (χ1) is 5.39. The number of alkyl halides is 5. The summed E-state index contributed by atoms with van der Waals surface area (Å²) < 4.78 is 62.0. The highest BCUT2D eigenvalue weighted by Gasteiger charge is 2.44. The Balaban J connectivity index is 4.29. The highest BCUT2D eigenvalue weighted by atomic mass is 19.3. The van der Waals surface area contributed by atoms with Crippen molar-refractivity contribution in [1.29, 1.82) is 0 Å². The Hall–Kier alpha value is -0.720. The summed E-state index contributed by atoms with van der Waals surface area (Å²) in [5.41, 5.74) is 0. The van der Waals surface area contributed by atoms with Gasteiger partial charge >= 0.3 is 6.11 Å². The maximum absolute atomic E-state index is 12.3. The summed E-state index contributed by atoms with van der Waals surface area (Å²) in [4.78, 5) is 9.45. The van der Waals surface area contributed by atoms with E-state index in [0.717, 1.165) is 0 Å². The molecule has 0 bridgehead atoms. The number of carbonyl (C=O) groups excluding carboxylic acids is 1. The summed E-state index contributed by atoms with van der Waals surface area (Å²) in [6.45, 7) is -4.18. The molecular weight excluding hydrogens is 187 g/mol. The predicted molar refractivity (Wildman–Crippen MR) is 27.9 cm³/mol. The van der Waals surface area contributed by atoms with Crippen LogP contribution in [0.15, 0.2) is 0 Å². The Morgan fingerprint density at radius 1 is 1.17 bits per heavy atom. The molecule has 0 aliphatic carbocycles. The van der Waals surface area contributed by atoms with Gasteiger partial charge in [0.25, 0.3) is 5.85 Å². The largest absolute Gasteiger partial charge is 0.415 e. The van der Waals surface area contributed by atoms with Gasteiger partial charge in [-0.05, 0) is 0 Å². The fourth-order valence-corrected chi connectivity index (χ4v) is 0.358. The lowest BCUT2D eigenvalue weighted by molar-refractivity contribution is -0.312. The maximum Gasteiger partial charge on any atom is 0.415 e. The summed E-state index contributed by atoms with van der Waals surface area (Å²) in [5, 5.41) is 0. The predicted octanol–water partition coefficient (Wildman–Crippen LogP) is 1.40.